The van der Waals surface area contributed by atoms with Gasteiger partial charge in [-0.25, -0.2) is 0 Å². The van der Waals surface area contributed by atoms with Crippen molar-refractivity contribution in [2.24, 2.45) is 0 Å². The lowest BCUT2D eigenvalue weighted by Crippen LogP contribution is -2.25. The Bertz CT molecular complexity index is 1390. The molecule has 0 radical (unpaired) electrons. The predicted molar refractivity (Wildman–Crippen MR) is 180 cm³/mol. The Balaban J connectivity index is 1.68. The van der Waals surface area contributed by atoms with Crippen LogP contribution in [-0.2, 0) is 5.41 Å². The van der Waals surface area contributed by atoms with Crippen molar-refractivity contribution >= 4 is 0 Å². The van der Waals surface area contributed by atoms with Crippen molar-refractivity contribution in [1.82, 2.24) is 0 Å². The molecule has 214 valence electrons. The second-order valence-corrected chi connectivity index (χ2v) is 12.9. The van der Waals surface area contributed by atoms with Crippen LogP contribution in [0.1, 0.15) is 111 Å². The molecule has 5 rings (SSSR count). The zero-order valence-corrected chi connectivity index (χ0v) is 26.5. The average molecular weight is 543 g/mol. The molecule has 0 aromatic heterocycles. The Labute approximate surface area is 250 Å². The fraction of sp³-hybridized carbons (Fsp3) is 0.415. The summed E-state index contributed by atoms with van der Waals surface area (Å²) < 4.78 is 0. The van der Waals surface area contributed by atoms with Gasteiger partial charge in [-0.05, 0) is 108 Å². The van der Waals surface area contributed by atoms with E-state index in [0.29, 0.717) is 0 Å². The molecule has 0 amide bonds. The first kappa shape index (κ1) is 29.4. The molecule has 0 bridgehead atoms. The van der Waals surface area contributed by atoms with E-state index in [1.54, 1.807) is 11.1 Å². The number of hydrogen-bond donors (Lipinski definition) is 0. The fourth-order valence-corrected chi connectivity index (χ4v) is 7.48. The Kier molecular flexibility index (Phi) is 9.18. The molecule has 1 aliphatic carbocycles. The largest absolute Gasteiger partial charge is 0.0654 e. The molecule has 0 heterocycles. The summed E-state index contributed by atoms with van der Waals surface area (Å²) in [5.41, 5.74) is 17.1. The van der Waals surface area contributed by atoms with Crippen LogP contribution in [0.25, 0.3) is 33.4 Å². The Morgan fingerprint density at radius 3 is 1.24 bits per heavy atom. The van der Waals surface area contributed by atoms with E-state index in [1.165, 1.54) is 120 Å². The van der Waals surface area contributed by atoms with Gasteiger partial charge in [0.05, 0.1) is 0 Å². The van der Waals surface area contributed by atoms with Crippen molar-refractivity contribution < 1.29 is 0 Å². The highest BCUT2D eigenvalue weighted by atomic mass is 14.5. The number of unbranched alkanes of at least 4 members (excludes halogenated alkanes) is 6. The quantitative estimate of drug-likeness (QED) is 0.156. The number of benzene rings is 4. The molecular formula is C41H50. The Morgan fingerprint density at radius 1 is 0.439 bits per heavy atom. The van der Waals surface area contributed by atoms with Gasteiger partial charge in [0.15, 0.2) is 0 Å². The van der Waals surface area contributed by atoms with E-state index in [-0.39, 0.29) is 5.41 Å². The molecule has 4 aromatic carbocycles. The number of rotatable bonds is 12. The van der Waals surface area contributed by atoms with Gasteiger partial charge in [-0.3, -0.25) is 0 Å². The minimum absolute atomic E-state index is 0.0787. The van der Waals surface area contributed by atoms with Crippen molar-refractivity contribution in [2.45, 2.75) is 111 Å². The summed E-state index contributed by atoms with van der Waals surface area (Å²) >= 11 is 0. The van der Waals surface area contributed by atoms with Crippen LogP contribution in [0, 0.1) is 27.7 Å². The van der Waals surface area contributed by atoms with Gasteiger partial charge in [0, 0.05) is 5.41 Å². The lowest BCUT2D eigenvalue weighted by molar-refractivity contribution is 0.401. The molecule has 41 heavy (non-hydrogen) atoms. The number of hydrogen-bond acceptors (Lipinski definition) is 0. The third-order valence-corrected chi connectivity index (χ3v) is 9.66. The van der Waals surface area contributed by atoms with Crippen LogP contribution in [0.5, 0.6) is 0 Å². The van der Waals surface area contributed by atoms with Gasteiger partial charge >= 0.3 is 0 Å². The van der Waals surface area contributed by atoms with Gasteiger partial charge in [0.25, 0.3) is 0 Å². The van der Waals surface area contributed by atoms with E-state index >= 15 is 0 Å². The molecule has 0 unspecified atom stereocenters. The number of aryl methyl sites for hydroxylation is 4. The highest BCUT2D eigenvalue weighted by Gasteiger charge is 2.42. The van der Waals surface area contributed by atoms with Crippen molar-refractivity contribution in [3.8, 4) is 33.4 Å². The molecule has 0 fully saturated rings. The van der Waals surface area contributed by atoms with Crippen molar-refractivity contribution in [1.29, 1.82) is 0 Å². The summed E-state index contributed by atoms with van der Waals surface area (Å²) in [5, 5.41) is 0. The monoisotopic (exact) mass is 542 g/mol. The first-order valence-electron chi connectivity index (χ1n) is 16.3. The van der Waals surface area contributed by atoms with Crippen molar-refractivity contribution in [3.63, 3.8) is 0 Å². The van der Waals surface area contributed by atoms with Gasteiger partial charge in [0.2, 0.25) is 0 Å². The van der Waals surface area contributed by atoms with Gasteiger partial charge in [-0.1, -0.05) is 137 Å². The SMILES string of the molecule is CCCCCCC1(CCCCCC)c2cc(-c3ccc(C)cc3C)ccc2-c2ccc(-c3ccc(C)cc3C)cc21. The lowest BCUT2D eigenvalue weighted by atomic mass is 9.70. The fourth-order valence-electron chi connectivity index (χ4n) is 7.48. The van der Waals surface area contributed by atoms with Gasteiger partial charge in [0.1, 0.15) is 0 Å². The average Bonchev–Trinajstić information content (AvgIpc) is 3.22. The zero-order chi connectivity index (χ0) is 29.0. The van der Waals surface area contributed by atoms with E-state index in [9.17, 15) is 0 Å². The summed E-state index contributed by atoms with van der Waals surface area (Å²) in [6.45, 7) is 13.6. The molecule has 0 spiro atoms. The Hall–Kier alpha value is -3.12. The maximum Gasteiger partial charge on any atom is 0.0215 e. The molecule has 0 saturated heterocycles. The van der Waals surface area contributed by atoms with Crippen LogP contribution in [0.15, 0.2) is 72.8 Å². The maximum absolute atomic E-state index is 2.59. The molecule has 4 aromatic rings. The summed E-state index contributed by atoms with van der Waals surface area (Å²) in [4.78, 5) is 0. The van der Waals surface area contributed by atoms with Crippen molar-refractivity contribution in [3.05, 3.63) is 106 Å². The molecular weight excluding hydrogens is 492 g/mol. The Morgan fingerprint density at radius 2 is 0.854 bits per heavy atom. The second kappa shape index (κ2) is 12.8. The minimum Gasteiger partial charge on any atom is -0.0654 e. The molecule has 0 saturated carbocycles. The topological polar surface area (TPSA) is 0 Å². The third-order valence-electron chi connectivity index (χ3n) is 9.66. The number of fused-ring (bicyclic) bond motifs is 3. The molecule has 1 aliphatic rings. The summed E-state index contributed by atoms with van der Waals surface area (Å²) in [6, 6.07) is 28.7. The molecule has 0 N–H and O–H groups in total. The van der Waals surface area contributed by atoms with E-state index in [0.717, 1.165) is 0 Å². The highest BCUT2D eigenvalue weighted by molar-refractivity contribution is 5.86. The summed E-state index contributed by atoms with van der Waals surface area (Å²) in [5.74, 6) is 0. The molecule has 0 heteroatoms. The lowest BCUT2D eigenvalue weighted by Gasteiger charge is -2.33. The van der Waals surface area contributed by atoms with Gasteiger partial charge < -0.3 is 0 Å². The highest BCUT2D eigenvalue weighted by Crippen LogP contribution is 2.56. The maximum atomic E-state index is 2.59. The third kappa shape index (κ3) is 5.94. The van der Waals surface area contributed by atoms with Crippen LogP contribution in [-0.4, -0.2) is 0 Å². The first-order valence-corrected chi connectivity index (χ1v) is 16.3. The minimum atomic E-state index is 0.0787. The summed E-state index contributed by atoms with van der Waals surface area (Å²) in [7, 11) is 0. The van der Waals surface area contributed by atoms with Crippen LogP contribution in [0.3, 0.4) is 0 Å². The molecule has 0 nitrogen and oxygen atoms in total. The van der Waals surface area contributed by atoms with E-state index in [2.05, 4.69) is 114 Å². The van der Waals surface area contributed by atoms with Gasteiger partial charge in [-0.15, -0.1) is 0 Å². The van der Waals surface area contributed by atoms with Crippen LogP contribution in [0.4, 0.5) is 0 Å². The second-order valence-electron chi connectivity index (χ2n) is 12.9. The van der Waals surface area contributed by atoms with Crippen molar-refractivity contribution in [2.75, 3.05) is 0 Å². The standard InChI is InChI=1S/C41H50/c1-7-9-11-13-23-41(24-14-12-10-8-2)39-27-33(35-19-15-29(3)25-31(35)5)17-21-37(39)38-22-18-34(28-40(38)41)36-20-16-30(4)26-32(36)6/h15-22,25-28H,7-14,23-24H2,1-6H3. The van der Waals surface area contributed by atoms with E-state index < -0.39 is 0 Å². The molecule has 0 aliphatic heterocycles. The van der Waals surface area contributed by atoms with Crippen LogP contribution in [0.2, 0.25) is 0 Å². The van der Waals surface area contributed by atoms with Crippen LogP contribution >= 0.6 is 0 Å². The smallest absolute Gasteiger partial charge is 0.0215 e. The zero-order valence-electron chi connectivity index (χ0n) is 26.5. The first-order chi connectivity index (χ1) is 19.9. The van der Waals surface area contributed by atoms with Crippen LogP contribution < -0.4 is 0 Å². The summed E-state index contributed by atoms with van der Waals surface area (Å²) in [6.07, 6.45) is 12.9. The molecule has 0 atom stereocenters. The van der Waals surface area contributed by atoms with E-state index in [1.807, 2.05) is 0 Å². The van der Waals surface area contributed by atoms with Gasteiger partial charge in [-0.2, -0.15) is 0 Å². The predicted octanol–water partition coefficient (Wildman–Crippen LogP) is 12.5. The normalized spacial score (nSPS) is 13.3. The van der Waals surface area contributed by atoms with E-state index in [4.69, 9.17) is 0 Å².